The zero-order valence-electron chi connectivity index (χ0n) is 13.7. The van der Waals surface area contributed by atoms with Crippen LogP contribution in [0.15, 0.2) is 6.33 Å². The molecule has 0 saturated heterocycles. The van der Waals surface area contributed by atoms with Gasteiger partial charge in [0, 0.05) is 25.3 Å². The summed E-state index contributed by atoms with van der Waals surface area (Å²) in [6.07, 6.45) is 6.61. The van der Waals surface area contributed by atoms with Crippen LogP contribution in [0, 0.1) is 5.92 Å². The lowest BCUT2D eigenvalue weighted by molar-refractivity contribution is 0.258. The van der Waals surface area contributed by atoms with Crippen molar-refractivity contribution in [2.24, 2.45) is 5.92 Å². The maximum absolute atomic E-state index is 9.08. The lowest BCUT2D eigenvalue weighted by Crippen LogP contribution is -2.18. The van der Waals surface area contributed by atoms with Crippen LogP contribution in [0.5, 0.6) is 0 Å². The van der Waals surface area contributed by atoms with Crippen LogP contribution in [0.1, 0.15) is 52.0 Å². The molecule has 0 saturated carbocycles. The molecule has 5 nitrogen and oxygen atoms in total. The van der Waals surface area contributed by atoms with Crippen molar-refractivity contribution in [3.8, 4) is 0 Å². The van der Waals surface area contributed by atoms with Crippen molar-refractivity contribution in [1.82, 2.24) is 9.97 Å². The van der Waals surface area contributed by atoms with Gasteiger partial charge in [-0.1, -0.05) is 33.6 Å². The number of rotatable bonds is 11. The highest BCUT2D eigenvalue weighted by Crippen LogP contribution is 2.22. The topological polar surface area (TPSA) is 70.1 Å². The summed E-state index contributed by atoms with van der Waals surface area (Å²) >= 11 is 0. The van der Waals surface area contributed by atoms with Gasteiger partial charge in [0.2, 0.25) is 0 Å². The van der Waals surface area contributed by atoms with E-state index in [2.05, 4.69) is 41.4 Å². The van der Waals surface area contributed by atoms with Crippen molar-refractivity contribution in [1.29, 1.82) is 0 Å². The lowest BCUT2D eigenvalue weighted by atomic mass is 10.0. The van der Waals surface area contributed by atoms with Gasteiger partial charge in [-0.3, -0.25) is 0 Å². The van der Waals surface area contributed by atoms with Gasteiger partial charge in [0.15, 0.2) is 0 Å². The van der Waals surface area contributed by atoms with Gasteiger partial charge >= 0.3 is 0 Å². The fourth-order valence-corrected chi connectivity index (χ4v) is 2.32. The Balaban J connectivity index is 2.79. The van der Waals surface area contributed by atoms with E-state index in [1.54, 1.807) is 6.33 Å². The van der Waals surface area contributed by atoms with E-state index < -0.39 is 0 Å². The third kappa shape index (κ3) is 5.87. The molecule has 120 valence electrons. The van der Waals surface area contributed by atoms with Crippen LogP contribution in [0.4, 0.5) is 11.6 Å². The van der Waals surface area contributed by atoms with Crippen LogP contribution in [0.2, 0.25) is 0 Å². The molecule has 0 radical (unpaired) electrons. The molecule has 0 aromatic carbocycles. The van der Waals surface area contributed by atoms with Crippen molar-refractivity contribution in [2.75, 3.05) is 30.3 Å². The Labute approximate surface area is 128 Å². The monoisotopic (exact) mass is 294 g/mol. The Morgan fingerprint density at radius 2 is 1.81 bits per heavy atom. The van der Waals surface area contributed by atoms with Crippen LogP contribution < -0.4 is 10.6 Å². The van der Waals surface area contributed by atoms with E-state index in [4.69, 9.17) is 5.11 Å². The van der Waals surface area contributed by atoms with Crippen LogP contribution in [-0.4, -0.2) is 34.8 Å². The predicted molar refractivity (Wildman–Crippen MR) is 88.8 cm³/mol. The first kappa shape index (κ1) is 17.7. The smallest absolute Gasteiger partial charge is 0.134 e. The second kappa shape index (κ2) is 10.4. The number of hydrogen-bond acceptors (Lipinski definition) is 5. The summed E-state index contributed by atoms with van der Waals surface area (Å²) in [5, 5.41) is 15.9. The highest BCUT2D eigenvalue weighted by Gasteiger charge is 2.12. The van der Waals surface area contributed by atoms with Crippen LogP contribution in [0.3, 0.4) is 0 Å². The minimum atomic E-state index is 0.245. The molecule has 1 heterocycles. The molecule has 1 aromatic rings. The molecule has 1 unspecified atom stereocenters. The summed E-state index contributed by atoms with van der Waals surface area (Å²) in [6.45, 7) is 8.49. The first-order chi connectivity index (χ1) is 10.3. The van der Waals surface area contributed by atoms with E-state index in [0.717, 1.165) is 56.8 Å². The number of anilines is 2. The lowest BCUT2D eigenvalue weighted by Gasteiger charge is -2.18. The molecule has 0 fully saturated rings. The van der Waals surface area contributed by atoms with E-state index >= 15 is 0 Å². The number of hydrogen-bond donors (Lipinski definition) is 3. The van der Waals surface area contributed by atoms with Crippen molar-refractivity contribution >= 4 is 11.6 Å². The van der Waals surface area contributed by atoms with E-state index in [-0.39, 0.29) is 6.61 Å². The normalized spacial score (nSPS) is 12.2. The van der Waals surface area contributed by atoms with Crippen molar-refractivity contribution in [2.45, 2.75) is 52.9 Å². The zero-order valence-corrected chi connectivity index (χ0v) is 13.7. The van der Waals surface area contributed by atoms with Gasteiger partial charge in [0.25, 0.3) is 0 Å². The minimum Gasteiger partial charge on any atom is -0.396 e. The van der Waals surface area contributed by atoms with Crippen LogP contribution in [0.25, 0.3) is 0 Å². The molecule has 0 bridgehead atoms. The fraction of sp³-hybridized carbons (Fsp3) is 0.750. The molecule has 1 atom stereocenters. The third-order valence-electron chi connectivity index (χ3n) is 3.66. The van der Waals surface area contributed by atoms with E-state index in [9.17, 15) is 0 Å². The maximum Gasteiger partial charge on any atom is 0.134 e. The highest BCUT2D eigenvalue weighted by molar-refractivity contribution is 5.57. The van der Waals surface area contributed by atoms with E-state index in [1.165, 1.54) is 5.56 Å². The molecule has 1 rings (SSSR count). The summed E-state index contributed by atoms with van der Waals surface area (Å²) < 4.78 is 0. The first-order valence-electron chi connectivity index (χ1n) is 8.19. The fourth-order valence-electron chi connectivity index (χ4n) is 2.32. The molecule has 0 aliphatic rings. The Morgan fingerprint density at radius 3 is 2.38 bits per heavy atom. The summed E-state index contributed by atoms with van der Waals surface area (Å²) in [7, 11) is 0. The third-order valence-corrected chi connectivity index (χ3v) is 3.66. The summed E-state index contributed by atoms with van der Waals surface area (Å²) in [6, 6.07) is 0. The van der Waals surface area contributed by atoms with Gasteiger partial charge in [-0.15, -0.1) is 0 Å². The molecule has 0 amide bonds. The molecule has 0 aliphatic heterocycles. The van der Waals surface area contributed by atoms with Gasteiger partial charge in [0.05, 0.1) is 0 Å². The van der Waals surface area contributed by atoms with Gasteiger partial charge < -0.3 is 15.7 Å². The molecule has 5 heteroatoms. The predicted octanol–water partition coefficient (Wildman–Crippen LogP) is 3.07. The van der Waals surface area contributed by atoms with Crippen LogP contribution in [-0.2, 0) is 6.42 Å². The molecular weight excluding hydrogens is 264 g/mol. The molecule has 21 heavy (non-hydrogen) atoms. The summed E-state index contributed by atoms with van der Waals surface area (Å²) in [5.74, 6) is 2.36. The van der Waals surface area contributed by atoms with Crippen molar-refractivity contribution in [3.63, 3.8) is 0 Å². The van der Waals surface area contributed by atoms with Crippen molar-refractivity contribution in [3.05, 3.63) is 11.9 Å². The second-order valence-corrected chi connectivity index (χ2v) is 5.39. The van der Waals surface area contributed by atoms with E-state index in [0.29, 0.717) is 5.92 Å². The molecular formula is C16H30N4O. The average Bonchev–Trinajstić information content (AvgIpc) is 2.51. The standard InChI is InChI=1S/C16H30N4O/c1-4-7-14-15(17-9-5-2)19-12-20-16(14)18-11-13(6-3)8-10-21/h12-13,21H,4-11H2,1-3H3,(H2,17,18,19,20). The quantitative estimate of drug-likeness (QED) is 0.585. The van der Waals surface area contributed by atoms with Gasteiger partial charge in [-0.05, 0) is 25.2 Å². The van der Waals surface area contributed by atoms with Crippen molar-refractivity contribution < 1.29 is 5.11 Å². The highest BCUT2D eigenvalue weighted by atomic mass is 16.3. The Kier molecular flexibility index (Phi) is 8.74. The first-order valence-corrected chi connectivity index (χ1v) is 8.19. The van der Waals surface area contributed by atoms with Crippen LogP contribution >= 0.6 is 0 Å². The number of nitrogens with zero attached hydrogens (tertiary/aromatic N) is 2. The number of aromatic nitrogens is 2. The Morgan fingerprint density at radius 1 is 1.10 bits per heavy atom. The Bertz CT molecular complexity index is 398. The number of aliphatic hydroxyl groups excluding tert-OH is 1. The second-order valence-electron chi connectivity index (χ2n) is 5.39. The minimum absolute atomic E-state index is 0.245. The maximum atomic E-state index is 9.08. The van der Waals surface area contributed by atoms with Gasteiger partial charge in [0.1, 0.15) is 18.0 Å². The molecule has 3 N–H and O–H groups in total. The van der Waals surface area contributed by atoms with Gasteiger partial charge in [-0.25, -0.2) is 9.97 Å². The summed E-state index contributed by atoms with van der Waals surface area (Å²) in [4.78, 5) is 8.78. The zero-order chi connectivity index (χ0) is 15.5. The molecule has 0 spiro atoms. The number of aliphatic hydroxyl groups is 1. The van der Waals surface area contributed by atoms with Gasteiger partial charge in [-0.2, -0.15) is 0 Å². The molecule has 1 aromatic heterocycles. The largest absolute Gasteiger partial charge is 0.396 e. The summed E-state index contributed by atoms with van der Waals surface area (Å²) in [5.41, 5.74) is 1.17. The SMILES string of the molecule is CCCNc1ncnc(NCC(CC)CCO)c1CCC. The number of nitrogens with one attached hydrogen (secondary N) is 2. The average molecular weight is 294 g/mol. The molecule has 0 aliphatic carbocycles. The Hall–Kier alpha value is -1.36. The van der Waals surface area contributed by atoms with E-state index in [1.807, 2.05) is 0 Å².